The number of benzene rings is 1. The van der Waals surface area contributed by atoms with E-state index in [1.54, 1.807) is 12.3 Å². The number of hydrogen-bond acceptors (Lipinski definition) is 6. The lowest BCUT2D eigenvalue weighted by atomic mass is 10.0. The molecule has 0 bridgehead atoms. The number of halogens is 2. The van der Waals surface area contributed by atoms with Gasteiger partial charge in [-0.05, 0) is 37.1 Å². The van der Waals surface area contributed by atoms with Crippen LogP contribution in [0.1, 0.15) is 34.8 Å². The maximum Gasteiger partial charge on any atom is 0.257 e. The third-order valence-corrected chi connectivity index (χ3v) is 5.30. The number of rotatable bonds is 6. The Hall–Kier alpha value is -3.11. The van der Waals surface area contributed by atoms with Gasteiger partial charge < -0.3 is 21.1 Å². The average molecular weight is 416 g/mol. The van der Waals surface area contributed by atoms with Crippen molar-refractivity contribution in [2.75, 3.05) is 24.6 Å². The first kappa shape index (κ1) is 20.2. The Bertz CT molecular complexity index is 1070. The number of nitrogens with zero attached hydrogens (tertiary/aromatic N) is 4. The second-order valence-corrected chi connectivity index (χ2v) is 7.22. The Balaban J connectivity index is 1.67. The van der Waals surface area contributed by atoms with Crippen molar-refractivity contribution in [1.82, 2.24) is 19.9 Å². The summed E-state index contributed by atoms with van der Waals surface area (Å²) in [5.74, 6) is -0.862. The van der Waals surface area contributed by atoms with E-state index in [9.17, 15) is 18.7 Å². The Morgan fingerprint density at radius 2 is 2.20 bits per heavy atom. The highest BCUT2D eigenvalue weighted by atomic mass is 19.1. The van der Waals surface area contributed by atoms with Gasteiger partial charge in [0.05, 0.1) is 24.9 Å². The monoisotopic (exact) mass is 416 g/mol. The van der Waals surface area contributed by atoms with Gasteiger partial charge in [0.25, 0.3) is 5.91 Å². The number of carbonyl (C=O) groups excluding carboxylic acids is 1. The van der Waals surface area contributed by atoms with Crippen molar-refractivity contribution in [3.63, 3.8) is 0 Å². The highest BCUT2D eigenvalue weighted by Crippen LogP contribution is 2.36. The van der Waals surface area contributed by atoms with Gasteiger partial charge in [0.15, 0.2) is 5.65 Å². The van der Waals surface area contributed by atoms with Gasteiger partial charge in [-0.3, -0.25) is 4.79 Å². The summed E-state index contributed by atoms with van der Waals surface area (Å²) < 4.78 is 29.5. The zero-order valence-corrected chi connectivity index (χ0v) is 16.1. The average Bonchev–Trinajstić information content (AvgIpc) is 3.40. The van der Waals surface area contributed by atoms with Crippen molar-refractivity contribution in [1.29, 1.82) is 0 Å². The molecule has 8 nitrogen and oxygen atoms in total. The highest BCUT2D eigenvalue weighted by molar-refractivity contribution is 6.00. The van der Waals surface area contributed by atoms with Crippen LogP contribution in [0.25, 0.3) is 5.65 Å². The number of hydrogen-bond donors (Lipinski definition) is 3. The number of nitrogens with two attached hydrogens (primary N) is 1. The van der Waals surface area contributed by atoms with E-state index in [1.165, 1.54) is 16.8 Å². The van der Waals surface area contributed by atoms with Crippen LogP contribution in [0.4, 0.5) is 14.6 Å². The maximum absolute atomic E-state index is 14.4. The van der Waals surface area contributed by atoms with E-state index in [1.807, 2.05) is 4.90 Å². The van der Waals surface area contributed by atoms with Crippen molar-refractivity contribution >= 4 is 17.4 Å². The molecule has 1 fully saturated rings. The lowest BCUT2D eigenvalue weighted by Crippen LogP contribution is -2.42. The molecule has 1 amide bonds. The second kappa shape index (κ2) is 8.33. The molecule has 1 aliphatic rings. The normalized spacial score (nSPS) is 17.5. The number of aromatic nitrogens is 3. The first-order chi connectivity index (χ1) is 14.5. The van der Waals surface area contributed by atoms with E-state index in [4.69, 9.17) is 5.73 Å². The minimum atomic E-state index is -0.574. The van der Waals surface area contributed by atoms with Crippen LogP contribution < -0.4 is 16.0 Å². The van der Waals surface area contributed by atoms with E-state index < -0.39 is 23.6 Å². The molecule has 1 aliphatic heterocycles. The molecule has 158 valence electrons. The summed E-state index contributed by atoms with van der Waals surface area (Å²) >= 11 is 0. The van der Waals surface area contributed by atoms with E-state index in [2.05, 4.69) is 15.4 Å². The summed E-state index contributed by atoms with van der Waals surface area (Å²) in [6.07, 6.45) is 4.52. The molecule has 0 radical (unpaired) electrons. The number of amides is 1. The number of carbonyl (C=O) groups is 1. The van der Waals surface area contributed by atoms with Crippen LogP contribution >= 0.6 is 0 Å². The molecule has 1 aromatic carbocycles. The predicted octanol–water partition coefficient (Wildman–Crippen LogP) is 1.40. The number of fused-ring (bicyclic) bond motifs is 1. The number of nitrogens with one attached hydrogen (secondary N) is 1. The fourth-order valence-electron chi connectivity index (χ4n) is 3.76. The molecule has 3 aromatic rings. The molecular weight excluding hydrogens is 394 g/mol. The summed E-state index contributed by atoms with van der Waals surface area (Å²) in [4.78, 5) is 19.1. The molecule has 2 atom stereocenters. The van der Waals surface area contributed by atoms with Crippen molar-refractivity contribution in [2.45, 2.75) is 24.9 Å². The Kier molecular flexibility index (Phi) is 5.60. The van der Waals surface area contributed by atoms with Crippen LogP contribution in [0.15, 0.2) is 36.7 Å². The van der Waals surface area contributed by atoms with Gasteiger partial charge in [-0.15, -0.1) is 0 Å². The lowest BCUT2D eigenvalue weighted by molar-refractivity contribution is 0.0920. The third kappa shape index (κ3) is 3.71. The quantitative estimate of drug-likeness (QED) is 0.561. The van der Waals surface area contributed by atoms with Gasteiger partial charge in [-0.25, -0.2) is 18.3 Å². The second-order valence-electron chi connectivity index (χ2n) is 7.22. The van der Waals surface area contributed by atoms with Crippen molar-refractivity contribution in [2.24, 2.45) is 5.73 Å². The van der Waals surface area contributed by atoms with Gasteiger partial charge >= 0.3 is 0 Å². The Morgan fingerprint density at radius 3 is 2.97 bits per heavy atom. The predicted molar refractivity (Wildman–Crippen MR) is 106 cm³/mol. The minimum absolute atomic E-state index is 0.0921. The van der Waals surface area contributed by atoms with Crippen LogP contribution in [-0.4, -0.2) is 51.4 Å². The fourth-order valence-corrected chi connectivity index (χ4v) is 3.76. The van der Waals surface area contributed by atoms with Crippen LogP contribution in [0, 0.1) is 11.6 Å². The number of anilines is 1. The van der Waals surface area contributed by atoms with Gasteiger partial charge in [0.2, 0.25) is 0 Å². The van der Waals surface area contributed by atoms with Gasteiger partial charge in [-0.1, -0.05) is 0 Å². The molecule has 2 aromatic heterocycles. The van der Waals surface area contributed by atoms with E-state index in [-0.39, 0.29) is 30.3 Å². The third-order valence-electron chi connectivity index (χ3n) is 5.30. The molecule has 30 heavy (non-hydrogen) atoms. The van der Waals surface area contributed by atoms with Crippen LogP contribution in [0.5, 0.6) is 0 Å². The molecule has 0 spiro atoms. The van der Waals surface area contributed by atoms with Crippen molar-refractivity contribution in [3.8, 4) is 0 Å². The van der Waals surface area contributed by atoms with Gasteiger partial charge in [0.1, 0.15) is 23.0 Å². The summed E-state index contributed by atoms with van der Waals surface area (Å²) in [6.45, 7) is 0.433. The van der Waals surface area contributed by atoms with Crippen LogP contribution in [0.2, 0.25) is 0 Å². The van der Waals surface area contributed by atoms with E-state index in [0.29, 0.717) is 24.4 Å². The zero-order valence-electron chi connectivity index (χ0n) is 16.1. The molecule has 1 saturated heterocycles. The Labute approximate surface area is 171 Å². The lowest BCUT2D eigenvalue weighted by Gasteiger charge is -2.26. The van der Waals surface area contributed by atoms with E-state index >= 15 is 0 Å². The standard InChI is InChI=1S/C20H22F2N6O2/c21-12-3-4-16(22)14(8-12)17-2-1-6-27(17)18-5-7-28-19(26-18)15(10-24-28)20(30)25-13(9-23)11-29/h3-5,7-8,10,13,17,29H,1-2,6,9,11,23H2,(H,25,30)/t13?,17-/m1/s1. The molecule has 0 aliphatic carbocycles. The molecule has 3 heterocycles. The summed E-state index contributed by atoms with van der Waals surface area (Å²) in [7, 11) is 0. The molecule has 4 rings (SSSR count). The summed E-state index contributed by atoms with van der Waals surface area (Å²) in [5, 5.41) is 16.0. The van der Waals surface area contributed by atoms with E-state index in [0.717, 1.165) is 18.6 Å². The highest BCUT2D eigenvalue weighted by Gasteiger charge is 2.30. The topological polar surface area (TPSA) is 109 Å². The van der Waals surface area contributed by atoms with Crippen molar-refractivity contribution in [3.05, 3.63) is 59.4 Å². The summed E-state index contributed by atoms with van der Waals surface area (Å²) in [5.41, 5.74) is 6.37. The number of aliphatic hydroxyl groups is 1. The molecule has 4 N–H and O–H groups in total. The minimum Gasteiger partial charge on any atom is -0.394 e. The van der Waals surface area contributed by atoms with Crippen LogP contribution in [0.3, 0.4) is 0 Å². The Morgan fingerprint density at radius 1 is 1.37 bits per heavy atom. The first-order valence-electron chi connectivity index (χ1n) is 9.69. The molecular formula is C20H22F2N6O2. The summed E-state index contributed by atoms with van der Waals surface area (Å²) in [6, 6.07) is 4.25. The maximum atomic E-state index is 14.4. The SMILES string of the molecule is NCC(CO)NC(=O)c1cnn2ccc(N3CCC[C@@H]3c3cc(F)ccc3F)nc12. The van der Waals surface area contributed by atoms with Crippen LogP contribution in [-0.2, 0) is 0 Å². The molecule has 1 unspecified atom stereocenters. The zero-order chi connectivity index (χ0) is 21.3. The molecule has 10 heteroatoms. The largest absolute Gasteiger partial charge is 0.394 e. The first-order valence-corrected chi connectivity index (χ1v) is 9.69. The smallest absolute Gasteiger partial charge is 0.257 e. The van der Waals surface area contributed by atoms with Crippen molar-refractivity contribution < 1.29 is 18.7 Å². The fraction of sp³-hybridized carbons (Fsp3) is 0.350. The van der Waals surface area contributed by atoms with Gasteiger partial charge in [0, 0.05) is 24.8 Å². The number of aliphatic hydroxyl groups excluding tert-OH is 1. The molecule has 0 saturated carbocycles. The van der Waals surface area contributed by atoms with Gasteiger partial charge in [-0.2, -0.15) is 5.10 Å².